The molecule has 3 nitrogen and oxygen atoms in total. The van der Waals surface area contributed by atoms with Gasteiger partial charge in [0.25, 0.3) is 0 Å². The predicted molar refractivity (Wildman–Crippen MR) is 61.2 cm³/mol. The molecule has 84 valence electrons. The normalized spacial score (nSPS) is 10.8. The van der Waals surface area contributed by atoms with E-state index in [1.165, 1.54) is 6.07 Å². The van der Waals surface area contributed by atoms with E-state index in [0.717, 1.165) is 16.8 Å². The maximum Gasteiger partial charge on any atom is 0.126 e. The summed E-state index contributed by atoms with van der Waals surface area (Å²) in [5, 5.41) is 4.34. The van der Waals surface area contributed by atoms with E-state index < -0.39 is 0 Å². The van der Waals surface area contributed by atoms with E-state index in [0.29, 0.717) is 12.1 Å². The standard InChI is InChI=1S/C12H14FN3/c1-8-5-9(3-4-11(8)13)12-10(6-14)7-16(2)15-12/h3-5,7H,6,14H2,1-2H3. The maximum absolute atomic E-state index is 13.2. The summed E-state index contributed by atoms with van der Waals surface area (Å²) < 4.78 is 14.9. The van der Waals surface area contributed by atoms with Crippen molar-refractivity contribution in [1.29, 1.82) is 0 Å². The monoisotopic (exact) mass is 219 g/mol. The molecule has 0 aliphatic heterocycles. The number of benzene rings is 1. The van der Waals surface area contributed by atoms with Crippen LogP contribution >= 0.6 is 0 Å². The van der Waals surface area contributed by atoms with E-state index in [2.05, 4.69) is 5.10 Å². The highest BCUT2D eigenvalue weighted by Gasteiger charge is 2.09. The Labute approximate surface area is 93.7 Å². The summed E-state index contributed by atoms with van der Waals surface area (Å²) in [4.78, 5) is 0. The number of aromatic nitrogens is 2. The molecule has 0 fully saturated rings. The Kier molecular flexibility index (Phi) is 2.75. The highest BCUT2D eigenvalue weighted by atomic mass is 19.1. The third kappa shape index (κ3) is 1.84. The minimum atomic E-state index is -0.200. The van der Waals surface area contributed by atoms with Gasteiger partial charge in [-0.25, -0.2) is 4.39 Å². The Morgan fingerprint density at radius 2 is 2.19 bits per heavy atom. The molecular formula is C12H14FN3. The quantitative estimate of drug-likeness (QED) is 0.839. The summed E-state index contributed by atoms with van der Waals surface area (Å²) in [6.07, 6.45) is 1.88. The van der Waals surface area contributed by atoms with Gasteiger partial charge in [-0.2, -0.15) is 5.10 Å². The van der Waals surface area contributed by atoms with E-state index in [9.17, 15) is 4.39 Å². The van der Waals surface area contributed by atoms with Crippen molar-refractivity contribution in [3.05, 3.63) is 41.3 Å². The third-order valence-corrected chi connectivity index (χ3v) is 2.56. The number of nitrogens with zero attached hydrogens (tertiary/aromatic N) is 2. The maximum atomic E-state index is 13.2. The first-order valence-corrected chi connectivity index (χ1v) is 5.11. The van der Waals surface area contributed by atoms with Crippen LogP contribution in [0.25, 0.3) is 11.3 Å². The second-order valence-electron chi connectivity index (χ2n) is 3.84. The number of halogens is 1. The lowest BCUT2D eigenvalue weighted by Gasteiger charge is -2.02. The van der Waals surface area contributed by atoms with E-state index >= 15 is 0 Å². The van der Waals surface area contributed by atoms with E-state index in [1.54, 1.807) is 23.7 Å². The van der Waals surface area contributed by atoms with Gasteiger partial charge in [0.15, 0.2) is 0 Å². The largest absolute Gasteiger partial charge is 0.326 e. The number of rotatable bonds is 2. The van der Waals surface area contributed by atoms with Crippen molar-refractivity contribution in [3.8, 4) is 11.3 Å². The van der Waals surface area contributed by atoms with Crippen LogP contribution < -0.4 is 5.73 Å². The number of hydrogen-bond acceptors (Lipinski definition) is 2. The van der Waals surface area contributed by atoms with Gasteiger partial charge in [-0.05, 0) is 30.7 Å². The van der Waals surface area contributed by atoms with Gasteiger partial charge in [0, 0.05) is 30.9 Å². The van der Waals surface area contributed by atoms with Gasteiger partial charge in [0.1, 0.15) is 5.82 Å². The van der Waals surface area contributed by atoms with Gasteiger partial charge in [-0.15, -0.1) is 0 Å². The first kappa shape index (κ1) is 10.8. The van der Waals surface area contributed by atoms with E-state index in [1.807, 2.05) is 13.2 Å². The smallest absolute Gasteiger partial charge is 0.126 e. The molecule has 0 aliphatic carbocycles. The molecule has 2 aromatic rings. The molecule has 0 radical (unpaired) electrons. The van der Waals surface area contributed by atoms with E-state index in [-0.39, 0.29) is 5.82 Å². The predicted octanol–water partition coefficient (Wildman–Crippen LogP) is 1.99. The zero-order valence-electron chi connectivity index (χ0n) is 9.37. The molecule has 1 aromatic carbocycles. The molecule has 0 amide bonds. The number of hydrogen-bond donors (Lipinski definition) is 1. The van der Waals surface area contributed by atoms with Gasteiger partial charge >= 0.3 is 0 Å². The molecule has 4 heteroatoms. The second-order valence-corrected chi connectivity index (χ2v) is 3.84. The zero-order chi connectivity index (χ0) is 11.7. The summed E-state index contributed by atoms with van der Waals surface area (Å²) in [6, 6.07) is 4.97. The highest BCUT2D eigenvalue weighted by molar-refractivity contribution is 5.63. The molecule has 0 atom stereocenters. The van der Waals surface area contributed by atoms with Crippen LogP contribution in [0.15, 0.2) is 24.4 Å². The zero-order valence-corrected chi connectivity index (χ0v) is 9.37. The number of aryl methyl sites for hydroxylation is 2. The molecular weight excluding hydrogens is 205 g/mol. The SMILES string of the molecule is Cc1cc(-c2nn(C)cc2CN)ccc1F. The van der Waals surface area contributed by atoms with Crippen LogP contribution in [-0.2, 0) is 13.6 Å². The van der Waals surface area contributed by atoms with Crippen molar-refractivity contribution >= 4 is 0 Å². The molecule has 0 spiro atoms. The first-order chi connectivity index (χ1) is 7.61. The Morgan fingerprint density at radius 1 is 1.44 bits per heavy atom. The Balaban J connectivity index is 2.53. The van der Waals surface area contributed by atoms with Crippen molar-refractivity contribution in [2.75, 3.05) is 0 Å². The van der Waals surface area contributed by atoms with E-state index in [4.69, 9.17) is 5.73 Å². The Morgan fingerprint density at radius 3 is 2.81 bits per heavy atom. The molecule has 1 heterocycles. The summed E-state index contributed by atoms with van der Waals surface area (Å²) in [5.74, 6) is -0.200. The fourth-order valence-electron chi connectivity index (χ4n) is 1.72. The fourth-order valence-corrected chi connectivity index (χ4v) is 1.72. The summed E-state index contributed by atoms with van der Waals surface area (Å²) >= 11 is 0. The van der Waals surface area contributed by atoms with Crippen LogP contribution in [0.1, 0.15) is 11.1 Å². The average Bonchev–Trinajstić information content (AvgIpc) is 2.63. The highest BCUT2D eigenvalue weighted by Crippen LogP contribution is 2.23. The Hall–Kier alpha value is -1.68. The first-order valence-electron chi connectivity index (χ1n) is 5.11. The van der Waals surface area contributed by atoms with Gasteiger partial charge in [0.05, 0.1) is 5.69 Å². The van der Waals surface area contributed by atoms with Gasteiger partial charge in [0.2, 0.25) is 0 Å². The molecule has 0 aliphatic rings. The molecule has 0 bridgehead atoms. The molecule has 2 N–H and O–H groups in total. The lowest BCUT2D eigenvalue weighted by atomic mass is 10.1. The summed E-state index contributed by atoms with van der Waals surface area (Å²) in [6.45, 7) is 2.17. The third-order valence-electron chi connectivity index (χ3n) is 2.56. The second kappa shape index (κ2) is 4.06. The average molecular weight is 219 g/mol. The van der Waals surface area contributed by atoms with Crippen molar-refractivity contribution in [1.82, 2.24) is 9.78 Å². The van der Waals surface area contributed by atoms with Crippen LogP contribution in [0.4, 0.5) is 4.39 Å². The topological polar surface area (TPSA) is 43.8 Å². The summed E-state index contributed by atoms with van der Waals surface area (Å²) in [7, 11) is 1.85. The fraction of sp³-hybridized carbons (Fsp3) is 0.250. The molecule has 0 saturated carbocycles. The number of nitrogens with two attached hydrogens (primary N) is 1. The van der Waals surface area contributed by atoms with Crippen molar-refractivity contribution < 1.29 is 4.39 Å². The van der Waals surface area contributed by atoms with Gasteiger partial charge < -0.3 is 5.73 Å². The lowest BCUT2D eigenvalue weighted by Crippen LogP contribution is -1.97. The van der Waals surface area contributed by atoms with Crippen molar-refractivity contribution in [2.45, 2.75) is 13.5 Å². The Bertz CT molecular complexity index is 517. The molecule has 16 heavy (non-hydrogen) atoms. The van der Waals surface area contributed by atoms with Crippen molar-refractivity contribution in [2.24, 2.45) is 12.8 Å². The van der Waals surface area contributed by atoms with Crippen LogP contribution in [0.2, 0.25) is 0 Å². The van der Waals surface area contributed by atoms with Crippen LogP contribution in [-0.4, -0.2) is 9.78 Å². The molecule has 1 aromatic heterocycles. The van der Waals surface area contributed by atoms with Crippen LogP contribution in [0.3, 0.4) is 0 Å². The van der Waals surface area contributed by atoms with Crippen molar-refractivity contribution in [3.63, 3.8) is 0 Å². The lowest BCUT2D eigenvalue weighted by molar-refractivity contribution is 0.618. The van der Waals surface area contributed by atoms with Crippen LogP contribution in [0.5, 0.6) is 0 Å². The molecule has 0 unspecified atom stereocenters. The van der Waals surface area contributed by atoms with Gasteiger partial charge in [-0.3, -0.25) is 4.68 Å². The summed E-state index contributed by atoms with van der Waals surface area (Å²) in [5.41, 5.74) is 8.95. The molecule has 0 saturated heterocycles. The van der Waals surface area contributed by atoms with Gasteiger partial charge in [-0.1, -0.05) is 0 Å². The van der Waals surface area contributed by atoms with Crippen LogP contribution in [0, 0.1) is 12.7 Å². The minimum absolute atomic E-state index is 0.200. The minimum Gasteiger partial charge on any atom is -0.326 e. The molecule has 2 rings (SSSR count).